The number of hydrogen-bond acceptors (Lipinski definition) is 3. The number of hydrogen-bond donors (Lipinski definition) is 1. The third-order valence-electron chi connectivity index (χ3n) is 2.40. The summed E-state index contributed by atoms with van der Waals surface area (Å²) >= 11 is 7.50. The molecule has 16 heavy (non-hydrogen) atoms. The summed E-state index contributed by atoms with van der Waals surface area (Å²) < 4.78 is 0. The SMILES string of the molecule is Cc1nc(-c2cc(Cl)ccc2C)c(CO)s1. The van der Waals surface area contributed by atoms with E-state index in [2.05, 4.69) is 4.98 Å². The van der Waals surface area contributed by atoms with Crippen molar-refractivity contribution >= 4 is 22.9 Å². The highest BCUT2D eigenvalue weighted by Gasteiger charge is 2.12. The summed E-state index contributed by atoms with van der Waals surface area (Å²) in [6.07, 6.45) is 0. The van der Waals surface area contributed by atoms with Crippen molar-refractivity contribution in [3.05, 3.63) is 38.7 Å². The van der Waals surface area contributed by atoms with E-state index in [4.69, 9.17) is 11.6 Å². The topological polar surface area (TPSA) is 33.1 Å². The van der Waals surface area contributed by atoms with E-state index >= 15 is 0 Å². The largest absolute Gasteiger partial charge is 0.391 e. The molecule has 0 aliphatic heterocycles. The lowest BCUT2D eigenvalue weighted by atomic mass is 10.1. The van der Waals surface area contributed by atoms with Crippen LogP contribution < -0.4 is 0 Å². The molecule has 0 aliphatic carbocycles. The average molecular weight is 254 g/mol. The molecule has 1 heterocycles. The smallest absolute Gasteiger partial charge is 0.0905 e. The Kier molecular flexibility index (Phi) is 3.28. The standard InChI is InChI=1S/C12H12ClNOS/c1-7-3-4-9(13)5-10(7)12-11(6-15)16-8(2)14-12/h3-5,15H,6H2,1-2H3. The molecule has 4 heteroatoms. The first kappa shape index (κ1) is 11.6. The van der Waals surface area contributed by atoms with Crippen molar-refractivity contribution in [1.29, 1.82) is 0 Å². The minimum Gasteiger partial charge on any atom is -0.391 e. The number of rotatable bonds is 2. The molecule has 0 fully saturated rings. The minimum atomic E-state index is 0.0206. The zero-order valence-corrected chi connectivity index (χ0v) is 10.7. The molecule has 1 aromatic carbocycles. The molecular weight excluding hydrogens is 242 g/mol. The van der Waals surface area contributed by atoms with Crippen LogP contribution in [0.5, 0.6) is 0 Å². The van der Waals surface area contributed by atoms with Gasteiger partial charge in [-0.15, -0.1) is 11.3 Å². The maximum Gasteiger partial charge on any atom is 0.0905 e. The molecule has 0 radical (unpaired) electrons. The molecule has 0 saturated heterocycles. The summed E-state index contributed by atoms with van der Waals surface area (Å²) in [6.45, 7) is 3.97. The summed E-state index contributed by atoms with van der Waals surface area (Å²) in [5.74, 6) is 0. The molecule has 0 amide bonds. The predicted octanol–water partition coefficient (Wildman–Crippen LogP) is 3.57. The first-order valence-corrected chi connectivity index (χ1v) is 6.15. The Morgan fingerprint density at radius 3 is 2.81 bits per heavy atom. The first-order chi connectivity index (χ1) is 7.61. The zero-order valence-electron chi connectivity index (χ0n) is 9.12. The second kappa shape index (κ2) is 4.53. The summed E-state index contributed by atoms with van der Waals surface area (Å²) in [5, 5.41) is 10.9. The highest BCUT2D eigenvalue weighted by molar-refractivity contribution is 7.12. The molecule has 0 atom stereocenters. The van der Waals surface area contributed by atoms with Crippen molar-refractivity contribution in [1.82, 2.24) is 4.98 Å². The highest BCUT2D eigenvalue weighted by Crippen LogP contribution is 2.31. The lowest BCUT2D eigenvalue weighted by Crippen LogP contribution is -1.88. The zero-order chi connectivity index (χ0) is 11.7. The van der Waals surface area contributed by atoms with E-state index in [1.54, 1.807) is 0 Å². The Hall–Kier alpha value is -0.900. The van der Waals surface area contributed by atoms with Gasteiger partial charge in [-0.25, -0.2) is 4.98 Å². The van der Waals surface area contributed by atoms with Gasteiger partial charge in [-0.2, -0.15) is 0 Å². The van der Waals surface area contributed by atoms with Gasteiger partial charge in [0.2, 0.25) is 0 Å². The molecule has 2 nitrogen and oxygen atoms in total. The lowest BCUT2D eigenvalue weighted by Gasteiger charge is -2.05. The van der Waals surface area contributed by atoms with Crippen LogP contribution in [0.3, 0.4) is 0 Å². The molecule has 0 bridgehead atoms. The van der Waals surface area contributed by atoms with Crippen LogP contribution in [0.1, 0.15) is 15.4 Å². The van der Waals surface area contributed by atoms with E-state index in [1.807, 2.05) is 32.0 Å². The van der Waals surface area contributed by atoms with E-state index in [0.717, 1.165) is 26.7 Å². The molecule has 2 aromatic rings. The maximum atomic E-state index is 9.29. The fraction of sp³-hybridized carbons (Fsp3) is 0.250. The number of halogens is 1. The van der Waals surface area contributed by atoms with E-state index in [1.165, 1.54) is 11.3 Å². The van der Waals surface area contributed by atoms with Gasteiger partial charge in [-0.3, -0.25) is 0 Å². The van der Waals surface area contributed by atoms with Crippen molar-refractivity contribution in [2.75, 3.05) is 0 Å². The normalized spacial score (nSPS) is 10.8. The number of aliphatic hydroxyl groups is 1. The molecule has 1 N–H and O–H groups in total. The number of aryl methyl sites for hydroxylation is 2. The van der Waals surface area contributed by atoms with E-state index < -0.39 is 0 Å². The molecule has 2 rings (SSSR count). The number of nitrogens with zero attached hydrogens (tertiary/aromatic N) is 1. The van der Waals surface area contributed by atoms with Crippen molar-refractivity contribution in [3.8, 4) is 11.3 Å². The Labute approximate surface area is 104 Å². The third-order valence-corrected chi connectivity index (χ3v) is 3.59. The van der Waals surface area contributed by atoms with Gasteiger partial charge in [0.15, 0.2) is 0 Å². The van der Waals surface area contributed by atoms with Crippen molar-refractivity contribution in [2.45, 2.75) is 20.5 Å². The van der Waals surface area contributed by atoms with Crippen molar-refractivity contribution < 1.29 is 5.11 Å². The molecule has 0 unspecified atom stereocenters. The third kappa shape index (κ3) is 2.12. The van der Waals surface area contributed by atoms with Gasteiger partial charge >= 0.3 is 0 Å². The summed E-state index contributed by atoms with van der Waals surface area (Å²) in [6, 6.07) is 5.72. The molecule has 0 aliphatic rings. The van der Waals surface area contributed by atoms with Crippen LogP contribution in [-0.4, -0.2) is 10.1 Å². The van der Waals surface area contributed by atoms with Crippen LogP contribution in [0.25, 0.3) is 11.3 Å². The number of aromatic nitrogens is 1. The maximum absolute atomic E-state index is 9.29. The predicted molar refractivity (Wildman–Crippen MR) is 68.0 cm³/mol. The van der Waals surface area contributed by atoms with Gasteiger partial charge in [0.1, 0.15) is 0 Å². The van der Waals surface area contributed by atoms with Crippen LogP contribution in [-0.2, 0) is 6.61 Å². The average Bonchev–Trinajstić information content (AvgIpc) is 2.63. The van der Waals surface area contributed by atoms with Crippen molar-refractivity contribution in [3.63, 3.8) is 0 Å². The molecule has 0 spiro atoms. The summed E-state index contributed by atoms with van der Waals surface area (Å²) in [7, 11) is 0. The Bertz CT molecular complexity index is 522. The highest BCUT2D eigenvalue weighted by atomic mass is 35.5. The Morgan fingerprint density at radius 2 is 2.12 bits per heavy atom. The molecule has 84 valence electrons. The fourth-order valence-corrected chi connectivity index (χ4v) is 2.62. The van der Waals surface area contributed by atoms with Gasteiger partial charge < -0.3 is 5.11 Å². The molecule has 0 saturated carbocycles. The van der Waals surface area contributed by atoms with Crippen LogP contribution >= 0.6 is 22.9 Å². The van der Waals surface area contributed by atoms with Crippen LogP contribution in [0.4, 0.5) is 0 Å². The first-order valence-electron chi connectivity index (χ1n) is 4.95. The Balaban J connectivity index is 2.61. The van der Waals surface area contributed by atoms with Gasteiger partial charge in [0.05, 0.1) is 22.2 Å². The van der Waals surface area contributed by atoms with Gasteiger partial charge in [-0.1, -0.05) is 17.7 Å². The number of thiazole rings is 1. The van der Waals surface area contributed by atoms with Crippen LogP contribution in [0.15, 0.2) is 18.2 Å². The van der Waals surface area contributed by atoms with Gasteiger partial charge in [0, 0.05) is 10.6 Å². The van der Waals surface area contributed by atoms with Crippen molar-refractivity contribution in [2.24, 2.45) is 0 Å². The minimum absolute atomic E-state index is 0.0206. The summed E-state index contributed by atoms with van der Waals surface area (Å²) in [4.78, 5) is 5.35. The number of benzene rings is 1. The van der Waals surface area contributed by atoms with Gasteiger partial charge in [-0.05, 0) is 31.5 Å². The molecular formula is C12H12ClNOS. The quantitative estimate of drug-likeness (QED) is 0.888. The number of aliphatic hydroxyl groups excluding tert-OH is 1. The van der Waals surface area contributed by atoms with E-state index in [0.29, 0.717) is 5.02 Å². The van der Waals surface area contributed by atoms with E-state index in [-0.39, 0.29) is 6.61 Å². The fourth-order valence-electron chi connectivity index (χ4n) is 1.64. The lowest BCUT2D eigenvalue weighted by molar-refractivity contribution is 0.286. The monoisotopic (exact) mass is 253 g/mol. The second-order valence-corrected chi connectivity index (χ2v) is 5.35. The van der Waals surface area contributed by atoms with E-state index in [9.17, 15) is 5.11 Å². The Morgan fingerprint density at radius 1 is 1.38 bits per heavy atom. The van der Waals surface area contributed by atoms with Crippen LogP contribution in [0, 0.1) is 13.8 Å². The van der Waals surface area contributed by atoms with Gasteiger partial charge in [0.25, 0.3) is 0 Å². The van der Waals surface area contributed by atoms with Crippen LogP contribution in [0.2, 0.25) is 5.02 Å². The summed E-state index contributed by atoms with van der Waals surface area (Å²) in [5.41, 5.74) is 2.97. The second-order valence-electron chi connectivity index (χ2n) is 3.62. The molecule has 1 aromatic heterocycles.